The summed E-state index contributed by atoms with van der Waals surface area (Å²) in [5.41, 5.74) is 7.36. The number of carbonyl (C=O) groups is 1. The minimum atomic E-state index is -0.338. The number of rotatable bonds is 5. The zero-order valence-electron chi connectivity index (χ0n) is 13.0. The number of hydrogen-bond acceptors (Lipinski definition) is 5. The van der Waals surface area contributed by atoms with Crippen LogP contribution in [0.15, 0.2) is 40.9 Å². The molecule has 0 radical (unpaired) electrons. The Labute approximate surface area is 148 Å². The SMILES string of the molecule is CCc1ccc(-c2noc(N)c2C(=O)NCc2ccccc2Cl)s1. The Kier molecular flexibility index (Phi) is 4.87. The lowest BCUT2D eigenvalue weighted by atomic mass is 10.1. The molecule has 0 unspecified atom stereocenters. The van der Waals surface area contributed by atoms with Gasteiger partial charge in [0.15, 0.2) is 0 Å². The summed E-state index contributed by atoms with van der Waals surface area (Å²) in [6, 6.07) is 11.3. The van der Waals surface area contributed by atoms with Gasteiger partial charge in [-0.05, 0) is 30.2 Å². The summed E-state index contributed by atoms with van der Waals surface area (Å²) in [6.45, 7) is 2.37. The fourth-order valence-electron chi connectivity index (χ4n) is 2.29. The monoisotopic (exact) mass is 361 g/mol. The lowest BCUT2D eigenvalue weighted by molar-refractivity contribution is 0.0952. The van der Waals surface area contributed by atoms with Gasteiger partial charge in [-0.1, -0.05) is 41.9 Å². The van der Waals surface area contributed by atoms with Crippen molar-refractivity contribution in [2.45, 2.75) is 19.9 Å². The van der Waals surface area contributed by atoms with Gasteiger partial charge in [-0.2, -0.15) is 0 Å². The molecule has 7 heteroatoms. The summed E-state index contributed by atoms with van der Waals surface area (Å²) in [4.78, 5) is 14.6. The van der Waals surface area contributed by atoms with Crippen molar-refractivity contribution in [1.29, 1.82) is 0 Å². The van der Waals surface area contributed by atoms with Crippen LogP contribution < -0.4 is 11.1 Å². The highest BCUT2D eigenvalue weighted by Crippen LogP contribution is 2.32. The molecule has 0 saturated heterocycles. The predicted molar refractivity (Wildman–Crippen MR) is 96.2 cm³/mol. The average molecular weight is 362 g/mol. The standard InChI is InChI=1S/C17H16ClN3O2S/c1-2-11-7-8-13(24-11)15-14(16(19)23-21-15)17(22)20-9-10-5-3-4-6-12(10)18/h3-8H,2,9,19H2,1H3,(H,20,22). The molecule has 5 nitrogen and oxygen atoms in total. The molecular formula is C17H16ClN3O2S. The fourth-order valence-corrected chi connectivity index (χ4v) is 3.43. The van der Waals surface area contributed by atoms with Crippen LogP contribution >= 0.6 is 22.9 Å². The number of aromatic nitrogens is 1. The van der Waals surface area contributed by atoms with Crippen molar-refractivity contribution in [1.82, 2.24) is 10.5 Å². The van der Waals surface area contributed by atoms with E-state index in [0.29, 0.717) is 17.3 Å². The van der Waals surface area contributed by atoms with Crippen LogP contribution in [0.4, 0.5) is 5.88 Å². The number of aryl methyl sites for hydroxylation is 1. The number of nitrogen functional groups attached to an aromatic ring is 1. The molecule has 3 N–H and O–H groups in total. The van der Waals surface area contributed by atoms with E-state index in [1.807, 2.05) is 30.3 Å². The van der Waals surface area contributed by atoms with E-state index >= 15 is 0 Å². The van der Waals surface area contributed by atoms with Gasteiger partial charge >= 0.3 is 0 Å². The van der Waals surface area contributed by atoms with Crippen LogP contribution in [0, 0.1) is 0 Å². The average Bonchev–Trinajstić information content (AvgIpc) is 3.20. The lowest BCUT2D eigenvalue weighted by Crippen LogP contribution is -2.24. The Morgan fingerprint density at radius 1 is 1.33 bits per heavy atom. The van der Waals surface area contributed by atoms with Crippen molar-refractivity contribution in [3.63, 3.8) is 0 Å². The number of halogens is 1. The van der Waals surface area contributed by atoms with Gasteiger partial charge in [0.25, 0.3) is 5.91 Å². The van der Waals surface area contributed by atoms with Crippen molar-refractivity contribution in [3.8, 4) is 10.6 Å². The van der Waals surface area contributed by atoms with E-state index in [2.05, 4.69) is 17.4 Å². The summed E-state index contributed by atoms with van der Waals surface area (Å²) in [5, 5.41) is 7.37. The fraction of sp³-hybridized carbons (Fsp3) is 0.176. The zero-order chi connectivity index (χ0) is 17.1. The molecule has 0 saturated carbocycles. The largest absolute Gasteiger partial charge is 0.367 e. The van der Waals surface area contributed by atoms with Crippen LogP contribution in [0.2, 0.25) is 5.02 Å². The molecule has 0 aliphatic carbocycles. The molecule has 3 aromatic rings. The number of nitrogens with zero attached hydrogens (tertiary/aromatic N) is 1. The molecule has 0 spiro atoms. The van der Waals surface area contributed by atoms with Crippen molar-refractivity contribution in [2.75, 3.05) is 5.73 Å². The third kappa shape index (κ3) is 3.29. The maximum atomic E-state index is 12.6. The van der Waals surface area contributed by atoms with E-state index in [9.17, 15) is 4.79 Å². The number of nitrogens with two attached hydrogens (primary N) is 1. The number of nitrogens with one attached hydrogen (secondary N) is 1. The van der Waals surface area contributed by atoms with Gasteiger partial charge in [0.1, 0.15) is 11.3 Å². The van der Waals surface area contributed by atoms with E-state index in [1.165, 1.54) is 4.88 Å². The molecule has 3 rings (SSSR count). The predicted octanol–water partition coefficient (Wildman–Crippen LogP) is 4.13. The quantitative estimate of drug-likeness (QED) is 0.715. The van der Waals surface area contributed by atoms with Crippen molar-refractivity contribution in [3.05, 3.63) is 57.4 Å². The lowest BCUT2D eigenvalue weighted by Gasteiger charge is -2.06. The van der Waals surface area contributed by atoms with Gasteiger partial charge in [-0.15, -0.1) is 11.3 Å². The van der Waals surface area contributed by atoms with Gasteiger partial charge < -0.3 is 15.6 Å². The molecule has 124 valence electrons. The zero-order valence-corrected chi connectivity index (χ0v) is 14.6. The van der Waals surface area contributed by atoms with Crippen LogP contribution in [0.1, 0.15) is 27.7 Å². The van der Waals surface area contributed by atoms with E-state index < -0.39 is 0 Å². The van der Waals surface area contributed by atoms with Gasteiger partial charge in [0.05, 0.1) is 4.88 Å². The van der Waals surface area contributed by atoms with Crippen LogP contribution in [0.5, 0.6) is 0 Å². The van der Waals surface area contributed by atoms with Crippen LogP contribution in [-0.2, 0) is 13.0 Å². The Morgan fingerprint density at radius 3 is 2.83 bits per heavy atom. The number of carbonyl (C=O) groups excluding carboxylic acids is 1. The topological polar surface area (TPSA) is 81.2 Å². The van der Waals surface area contributed by atoms with Gasteiger partial charge in [0, 0.05) is 16.4 Å². The Morgan fingerprint density at radius 2 is 2.12 bits per heavy atom. The third-order valence-corrected chi connectivity index (χ3v) is 5.19. The Bertz CT molecular complexity index is 872. The first kappa shape index (κ1) is 16.5. The molecule has 1 aromatic carbocycles. The molecular weight excluding hydrogens is 346 g/mol. The molecule has 2 heterocycles. The van der Waals surface area contributed by atoms with E-state index in [1.54, 1.807) is 17.4 Å². The first-order chi connectivity index (χ1) is 11.6. The first-order valence-corrected chi connectivity index (χ1v) is 8.65. The highest BCUT2D eigenvalue weighted by molar-refractivity contribution is 7.15. The summed E-state index contributed by atoms with van der Waals surface area (Å²) in [7, 11) is 0. The molecule has 0 atom stereocenters. The van der Waals surface area contributed by atoms with Crippen molar-refractivity contribution >= 4 is 34.7 Å². The van der Waals surface area contributed by atoms with Gasteiger partial charge in [-0.25, -0.2) is 0 Å². The normalized spacial score (nSPS) is 10.8. The molecule has 0 aliphatic rings. The second-order valence-corrected chi connectivity index (χ2v) is 6.74. The molecule has 24 heavy (non-hydrogen) atoms. The summed E-state index contributed by atoms with van der Waals surface area (Å²) in [6.07, 6.45) is 0.923. The number of amides is 1. The number of anilines is 1. The highest BCUT2D eigenvalue weighted by Gasteiger charge is 2.23. The minimum Gasteiger partial charge on any atom is -0.367 e. The number of thiophene rings is 1. The van der Waals surface area contributed by atoms with Crippen molar-refractivity contribution < 1.29 is 9.32 Å². The molecule has 1 amide bonds. The second-order valence-electron chi connectivity index (χ2n) is 5.16. The number of hydrogen-bond donors (Lipinski definition) is 2. The molecule has 0 fully saturated rings. The van der Waals surface area contributed by atoms with E-state index in [-0.39, 0.29) is 17.4 Å². The van der Waals surface area contributed by atoms with Crippen LogP contribution in [0.25, 0.3) is 10.6 Å². The van der Waals surface area contributed by atoms with Gasteiger partial charge in [0.2, 0.25) is 5.88 Å². The minimum absolute atomic E-state index is 0.00751. The maximum Gasteiger partial charge on any atom is 0.259 e. The second kappa shape index (κ2) is 7.07. The molecule has 0 aliphatic heterocycles. The van der Waals surface area contributed by atoms with Crippen molar-refractivity contribution in [2.24, 2.45) is 0 Å². The summed E-state index contributed by atoms with van der Waals surface area (Å²) in [5.74, 6) is -0.330. The molecule has 0 bridgehead atoms. The molecule has 2 aromatic heterocycles. The highest BCUT2D eigenvalue weighted by atomic mass is 35.5. The Balaban J connectivity index is 1.82. The third-order valence-electron chi connectivity index (χ3n) is 3.59. The smallest absolute Gasteiger partial charge is 0.259 e. The summed E-state index contributed by atoms with van der Waals surface area (Å²) >= 11 is 7.67. The first-order valence-electron chi connectivity index (χ1n) is 7.46. The summed E-state index contributed by atoms with van der Waals surface area (Å²) < 4.78 is 5.04. The van der Waals surface area contributed by atoms with E-state index in [4.69, 9.17) is 21.9 Å². The maximum absolute atomic E-state index is 12.6. The van der Waals surface area contributed by atoms with E-state index in [0.717, 1.165) is 16.9 Å². The number of benzene rings is 1. The van der Waals surface area contributed by atoms with Gasteiger partial charge in [-0.3, -0.25) is 4.79 Å². The Hall–Kier alpha value is -2.31. The van der Waals surface area contributed by atoms with Crippen LogP contribution in [-0.4, -0.2) is 11.1 Å². The van der Waals surface area contributed by atoms with Crippen LogP contribution in [0.3, 0.4) is 0 Å².